The van der Waals surface area contributed by atoms with Crippen LogP contribution in [0, 0.1) is 0 Å². The van der Waals surface area contributed by atoms with Crippen LogP contribution in [0.3, 0.4) is 0 Å². The first kappa shape index (κ1) is 24.5. The zero-order valence-corrected chi connectivity index (χ0v) is 20.0. The zero-order chi connectivity index (χ0) is 22.1. The molecule has 0 spiro atoms. The van der Waals surface area contributed by atoms with Crippen molar-refractivity contribution in [1.82, 2.24) is 4.98 Å². The molecule has 1 aromatic heterocycles. The number of nitrogens with zero attached hydrogens (tertiary/aromatic N) is 1. The molecule has 0 radical (unpaired) electrons. The maximum atomic E-state index is 12.2. The second-order valence-corrected chi connectivity index (χ2v) is 9.68. The molecule has 0 amide bonds. The first-order valence-electron chi connectivity index (χ1n) is 10.0. The lowest BCUT2D eigenvalue weighted by Crippen LogP contribution is -2.34. The van der Waals surface area contributed by atoms with E-state index in [0.29, 0.717) is 19.3 Å². The zero-order valence-electron chi connectivity index (χ0n) is 17.6. The van der Waals surface area contributed by atoms with Crippen molar-refractivity contribution < 1.29 is 19.1 Å². The van der Waals surface area contributed by atoms with Gasteiger partial charge in [-0.2, -0.15) is 0 Å². The van der Waals surface area contributed by atoms with Gasteiger partial charge in [-0.1, -0.05) is 33.7 Å². The molecule has 0 saturated carbocycles. The number of allylic oxidation sites excluding steroid dienone is 3. The van der Waals surface area contributed by atoms with Gasteiger partial charge in [0.15, 0.2) is 0 Å². The van der Waals surface area contributed by atoms with Crippen molar-refractivity contribution in [3.63, 3.8) is 0 Å². The van der Waals surface area contributed by atoms with E-state index >= 15 is 0 Å². The van der Waals surface area contributed by atoms with E-state index < -0.39 is 18.1 Å². The molecule has 2 rings (SSSR count). The quantitative estimate of drug-likeness (QED) is 0.579. The number of ether oxygens (including phenoxy) is 2. The fourth-order valence-corrected chi connectivity index (χ4v) is 4.24. The molecule has 6 nitrogen and oxygen atoms in total. The Labute approximate surface area is 190 Å². The van der Waals surface area contributed by atoms with Crippen LogP contribution in [0.25, 0.3) is 0 Å². The summed E-state index contributed by atoms with van der Waals surface area (Å²) in [6.45, 7) is 5.64. The van der Waals surface area contributed by atoms with Crippen LogP contribution in [-0.2, 0) is 31.9 Å². The second kappa shape index (κ2) is 12.2. The minimum absolute atomic E-state index is 0.292. The fourth-order valence-electron chi connectivity index (χ4n) is 3.07. The number of hydrogen-bond donors (Lipinski definition) is 1. The highest BCUT2D eigenvalue weighted by atomic mass is 79.9. The van der Waals surface area contributed by atoms with Crippen LogP contribution in [0.2, 0.25) is 0 Å². The maximum Gasteiger partial charge on any atom is 0.331 e. The standard InChI is InChI=1S/C22H29BrN2O4S/c1-14-6-4-9-21(26)29-18(11-15(2)23)12-20-25-17(13-30-20)7-5-8-19(24)22(27)28-16(3)10-14/h4,6,9,11,13,16,18-19H,5,7-8,10,12,24H2,1-3H3/b9-4-,14-6+,15-11+/t16-,18+,19+/m0/s1. The summed E-state index contributed by atoms with van der Waals surface area (Å²) in [6.07, 6.45) is 9.10. The molecule has 1 aliphatic rings. The molecule has 0 aromatic carbocycles. The summed E-state index contributed by atoms with van der Waals surface area (Å²) in [7, 11) is 0. The van der Waals surface area contributed by atoms with Crippen LogP contribution in [0.5, 0.6) is 0 Å². The van der Waals surface area contributed by atoms with Gasteiger partial charge in [0.1, 0.15) is 18.2 Å². The van der Waals surface area contributed by atoms with E-state index in [1.54, 1.807) is 6.08 Å². The lowest BCUT2D eigenvalue weighted by Gasteiger charge is -2.17. The van der Waals surface area contributed by atoms with Gasteiger partial charge in [-0.05, 0) is 50.6 Å². The van der Waals surface area contributed by atoms with Crippen molar-refractivity contribution in [2.75, 3.05) is 0 Å². The van der Waals surface area contributed by atoms with Gasteiger partial charge in [0.25, 0.3) is 0 Å². The van der Waals surface area contributed by atoms with Crippen molar-refractivity contribution >= 4 is 39.2 Å². The van der Waals surface area contributed by atoms with Crippen LogP contribution in [-0.4, -0.2) is 35.2 Å². The van der Waals surface area contributed by atoms with Crippen LogP contribution in [0.1, 0.15) is 50.7 Å². The number of carbonyl (C=O) groups excluding carboxylic acids is 2. The van der Waals surface area contributed by atoms with Gasteiger partial charge >= 0.3 is 11.9 Å². The van der Waals surface area contributed by atoms with E-state index in [1.165, 1.54) is 17.4 Å². The Bertz CT molecular complexity index is 827. The molecular formula is C22H29BrN2O4S. The van der Waals surface area contributed by atoms with Gasteiger partial charge in [-0.25, -0.2) is 9.78 Å². The van der Waals surface area contributed by atoms with Crippen LogP contribution in [0.15, 0.2) is 39.7 Å². The molecule has 30 heavy (non-hydrogen) atoms. The van der Waals surface area contributed by atoms with E-state index in [-0.39, 0.29) is 12.1 Å². The first-order valence-corrected chi connectivity index (χ1v) is 11.7. The summed E-state index contributed by atoms with van der Waals surface area (Å²) in [4.78, 5) is 29.1. The molecule has 2 N–H and O–H groups in total. The Morgan fingerprint density at radius 2 is 2.10 bits per heavy atom. The Hall–Kier alpha value is -1.77. The number of hydrogen-bond acceptors (Lipinski definition) is 7. The van der Waals surface area contributed by atoms with Crippen molar-refractivity contribution in [3.05, 3.63) is 50.4 Å². The van der Waals surface area contributed by atoms with Crippen molar-refractivity contribution in [3.8, 4) is 0 Å². The fraction of sp³-hybridized carbons (Fsp3) is 0.500. The van der Waals surface area contributed by atoms with Gasteiger partial charge in [0.2, 0.25) is 0 Å². The van der Waals surface area contributed by atoms with Crippen LogP contribution in [0.4, 0.5) is 0 Å². The number of fused-ring (bicyclic) bond motifs is 2. The largest absolute Gasteiger partial charge is 0.461 e. The second-order valence-electron chi connectivity index (χ2n) is 7.49. The van der Waals surface area contributed by atoms with Crippen molar-refractivity contribution in [1.29, 1.82) is 0 Å². The summed E-state index contributed by atoms with van der Waals surface area (Å²) in [6, 6.07) is -0.640. The van der Waals surface area contributed by atoms with E-state index in [1.807, 2.05) is 38.3 Å². The van der Waals surface area contributed by atoms with Gasteiger partial charge in [-0.3, -0.25) is 4.79 Å². The molecule has 0 fully saturated rings. The molecule has 0 saturated heterocycles. The first-order chi connectivity index (χ1) is 14.2. The van der Waals surface area contributed by atoms with E-state index in [4.69, 9.17) is 15.2 Å². The van der Waals surface area contributed by atoms with Crippen molar-refractivity contribution in [2.45, 2.75) is 71.1 Å². The minimum Gasteiger partial charge on any atom is -0.461 e. The van der Waals surface area contributed by atoms with Crippen molar-refractivity contribution in [2.24, 2.45) is 5.73 Å². The molecule has 1 aromatic rings. The monoisotopic (exact) mass is 496 g/mol. The normalized spacial score (nSPS) is 28.2. The average Bonchev–Trinajstić information content (AvgIpc) is 3.07. The third-order valence-electron chi connectivity index (χ3n) is 4.45. The Morgan fingerprint density at radius 1 is 1.33 bits per heavy atom. The average molecular weight is 497 g/mol. The van der Waals surface area contributed by atoms with Gasteiger partial charge in [-0.15, -0.1) is 11.3 Å². The Morgan fingerprint density at radius 3 is 2.83 bits per heavy atom. The lowest BCUT2D eigenvalue weighted by atomic mass is 10.1. The van der Waals surface area contributed by atoms with Gasteiger partial charge in [0.05, 0.1) is 10.7 Å². The third kappa shape index (κ3) is 8.93. The maximum absolute atomic E-state index is 12.2. The highest BCUT2D eigenvalue weighted by molar-refractivity contribution is 9.11. The highest BCUT2D eigenvalue weighted by Gasteiger charge is 2.19. The van der Waals surface area contributed by atoms with E-state index in [0.717, 1.165) is 33.6 Å². The molecule has 164 valence electrons. The number of rotatable bonds is 1. The molecule has 2 bridgehead atoms. The number of aryl methyl sites for hydroxylation is 1. The van der Waals surface area contributed by atoms with Gasteiger partial charge in [0, 0.05) is 24.3 Å². The highest BCUT2D eigenvalue weighted by Crippen LogP contribution is 2.18. The number of aromatic nitrogens is 1. The lowest BCUT2D eigenvalue weighted by molar-refractivity contribution is -0.150. The van der Waals surface area contributed by atoms with Gasteiger partial charge < -0.3 is 15.2 Å². The number of nitrogens with two attached hydrogens (primary N) is 1. The van der Waals surface area contributed by atoms with E-state index in [9.17, 15) is 9.59 Å². The number of halogens is 1. The third-order valence-corrected chi connectivity index (χ3v) is 5.63. The number of carbonyl (C=O) groups is 2. The molecule has 8 heteroatoms. The predicted molar refractivity (Wildman–Crippen MR) is 122 cm³/mol. The minimum atomic E-state index is -0.640. The smallest absolute Gasteiger partial charge is 0.331 e. The summed E-state index contributed by atoms with van der Waals surface area (Å²) in [5, 5.41) is 2.89. The predicted octanol–water partition coefficient (Wildman–Crippen LogP) is 4.38. The number of thiazole rings is 1. The van der Waals surface area contributed by atoms with Crippen LogP contribution >= 0.6 is 27.3 Å². The number of cyclic esters (lactones) is 2. The summed E-state index contributed by atoms with van der Waals surface area (Å²) in [5.74, 6) is -0.805. The Balaban J connectivity index is 2.20. The Kier molecular flexibility index (Phi) is 9.94. The van der Waals surface area contributed by atoms with E-state index in [2.05, 4.69) is 20.9 Å². The molecule has 2 heterocycles. The molecule has 3 atom stereocenters. The summed E-state index contributed by atoms with van der Waals surface area (Å²) < 4.78 is 11.9. The molecule has 0 aliphatic carbocycles. The SMILES string of the molecule is C/C(Br)=C\[C@@H]1Cc2nc(cs2)CCC[C@@H](N)C(=O)O[C@@H](C)C/C(C)=C/C=C\C(=O)O1. The topological polar surface area (TPSA) is 91.5 Å². The molecule has 0 unspecified atom stereocenters. The van der Waals surface area contributed by atoms with Crippen LogP contribution < -0.4 is 5.73 Å². The number of esters is 2. The molecule has 1 aliphatic heterocycles. The summed E-state index contributed by atoms with van der Waals surface area (Å²) >= 11 is 4.95. The molecular weight excluding hydrogens is 468 g/mol. The summed E-state index contributed by atoms with van der Waals surface area (Å²) in [5.41, 5.74) is 7.93.